The number of likely N-dealkylation sites (tertiary alicyclic amines) is 1. The number of hydrogen-bond donors (Lipinski definition) is 2. The minimum Gasteiger partial charge on any atom is -0.491 e. The Bertz CT molecular complexity index is 1030. The van der Waals surface area contributed by atoms with Gasteiger partial charge >= 0.3 is 0 Å². The highest BCUT2D eigenvalue weighted by molar-refractivity contribution is 5.79. The lowest BCUT2D eigenvalue weighted by Gasteiger charge is -2.34. The predicted molar refractivity (Wildman–Crippen MR) is 161 cm³/mol. The van der Waals surface area contributed by atoms with Gasteiger partial charge in [0.25, 0.3) is 12.9 Å². The zero-order chi connectivity index (χ0) is 30.6. The molecule has 0 spiro atoms. The molecule has 10 heteroatoms. The number of carbonyl (C=O) groups excluding carboxylic acids is 1. The van der Waals surface area contributed by atoms with E-state index >= 15 is 0 Å². The van der Waals surface area contributed by atoms with E-state index in [2.05, 4.69) is 72.2 Å². The van der Waals surface area contributed by atoms with Gasteiger partial charge in [-0.25, -0.2) is 0 Å². The largest absolute Gasteiger partial charge is 0.491 e. The highest BCUT2D eigenvalue weighted by Gasteiger charge is 2.28. The Labute approximate surface area is 249 Å². The Balaban J connectivity index is 0.000000946. The van der Waals surface area contributed by atoms with Crippen molar-refractivity contribution >= 4 is 18.9 Å². The smallest absolute Gasteiger partial charge is 0.290 e. The zero-order valence-electron chi connectivity index (χ0n) is 25.0. The maximum atomic E-state index is 12.9. The number of hydrogen-bond acceptors (Lipinski definition) is 7. The number of carboxylic acid groups (broad SMARTS) is 2. The van der Waals surface area contributed by atoms with Crippen LogP contribution in [0.1, 0.15) is 44.2 Å². The summed E-state index contributed by atoms with van der Waals surface area (Å²) in [6.07, 6.45) is 3.19. The van der Waals surface area contributed by atoms with Crippen molar-refractivity contribution in [3.63, 3.8) is 0 Å². The van der Waals surface area contributed by atoms with Crippen molar-refractivity contribution in [2.45, 2.75) is 52.3 Å². The minimum absolute atomic E-state index is 0.0637. The molecule has 2 atom stereocenters. The molecular weight excluding hydrogens is 538 g/mol. The van der Waals surface area contributed by atoms with Crippen molar-refractivity contribution in [3.05, 3.63) is 65.7 Å². The SMILES string of the molecule is CCN(CC)C(=O)C1CCCN(Cc2cccc(OCC3CN(Cc4ccccc4)CCCO3)c2)C1.O=CO.O=CO. The Morgan fingerprint density at radius 2 is 1.55 bits per heavy atom. The van der Waals surface area contributed by atoms with Crippen molar-refractivity contribution in [1.82, 2.24) is 14.7 Å². The Morgan fingerprint density at radius 1 is 0.929 bits per heavy atom. The molecule has 2 N–H and O–H groups in total. The molecule has 2 aliphatic rings. The molecule has 0 radical (unpaired) electrons. The lowest BCUT2D eigenvalue weighted by molar-refractivity contribution is -0.137. The van der Waals surface area contributed by atoms with Crippen LogP contribution in [0.25, 0.3) is 0 Å². The summed E-state index contributed by atoms with van der Waals surface area (Å²) < 4.78 is 12.3. The number of amides is 1. The van der Waals surface area contributed by atoms with Crippen LogP contribution in [0.3, 0.4) is 0 Å². The third kappa shape index (κ3) is 12.6. The number of carbonyl (C=O) groups is 3. The van der Waals surface area contributed by atoms with Crippen LogP contribution in [-0.4, -0.2) is 102 Å². The van der Waals surface area contributed by atoms with Gasteiger partial charge < -0.3 is 24.6 Å². The van der Waals surface area contributed by atoms with E-state index in [0.29, 0.717) is 12.5 Å². The molecule has 2 aromatic rings. The number of rotatable bonds is 10. The summed E-state index contributed by atoms with van der Waals surface area (Å²) in [7, 11) is 0. The summed E-state index contributed by atoms with van der Waals surface area (Å²) in [6.45, 7) is 12.2. The Morgan fingerprint density at radius 3 is 2.24 bits per heavy atom. The fourth-order valence-electron chi connectivity index (χ4n) is 5.43. The Kier molecular flexibility index (Phi) is 16.9. The molecule has 2 fully saturated rings. The van der Waals surface area contributed by atoms with Crippen LogP contribution in [0.4, 0.5) is 0 Å². The minimum atomic E-state index is -0.250. The first kappa shape index (κ1) is 34.7. The topological polar surface area (TPSA) is 120 Å². The van der Waals surface area contributed by atoms with Gasteiger partial charge in [-0.1, -0.05) is 42.5 Å². The van der Waals surface area contributed by atoms with Crippen molar-refractivity contribution in [2.24, 2.45) is 5.92 Å². The molecule has 0 bridgehead atoms. The van der Waals surface area contributed by atoms with E-state index in [0.717, 1.165) is 84.0 Å². The van der Waals surface area contributed by atoms with Crippen LogP contribution in [0, 0.1) is 5.92 Å². The van der Waals surface area contributed by atoms with E-state index in [1.54, 1.807) is 0 Å². The van der Waals surface area contributed by atoms with Gasteiger partial charge in [-0.3, -0.25) is 24.2 Å². The second kappa shape index (κ2) is 20.4. The van der Waals surface area contributed by atoms with Gasteiger partial charge in [0.2, 0.25) is 5.91 Å². The van der Waals surface area contributed by atoms with Crippen molar-refractivity contribution in [3.8, 4) is 5.75 Å². The summed E-state index contributed by atoms with van der Waals surface area (Å²) in [5, 5.41) is 13.8. The standard InChI is InChI=1S/C30H43N3O3.2CH2O2/c1-3-33(4-2)30(34)27-14-9-16-31(22-27)21-26-13-8-15-28(19-26)36-24-29-23-32(17-10-18-35-29)20-25-11-6-5-7-12-25;2*2-1-3/h5-8,11-13,15,19,27,29H,3-4,9-10,14,16-18,20-24H2,1-2H3;2*1H,(H,2,3). The first-order valence-corrected chi connectivity index (χ1v) is 14.7. The quantitative estimate of drug-likeness (QED) is 0.401. The number of nitrogens with zero attached hydrogens (tertiary/aromatic N) is 3. The van der Waals surface area contributed by atoms with E-state index in [1.165, 1.54) is 11.1 Å². The summed E-state index contributed by atoms with van der Waals surface area (Å²) >= 11 is 0. The molecule has 0 aromatic heterocycles. The lowest BCUT2D eigenvalue weighted by Crippen LogP contribution is -2.44. The van der Waals surface area contributed by atoms with Gasteiger partial charge in [0, 0.05) is 52.4 Å². The third-order valence-corrected chi connectivity index (χ3v) is 7.35. The van der Waals surface area contributed by atoms with E-state index in [-0.39, 0.29) is 25.0 Å². The molecule has 0 aliphatic carbocycles. The van der Waals surface area contributed by atoms with Crippen LogP contribution < -0.4 is 4.74 Å². The lowest BCUT2D eigenvalue weighted by atomic mass is 9.96. The molecule has 10 nitrogen and oxygen atoms in total. The number of benzene rings is 2. The van der Waals surface area contributed by atoms with Crippen molar-refractivity contribution in [2.75, 3.05) is 52.5 Å². The molecule has 42 heavy (non-hydrogen) atoms. The predicted octanol–water partition coefficient (Wildman–Crippen LogP) is 3.84. The maximum Gasteiger partial charge on any atom is 0.290 e. The molecule has 1 amide bonds. The normalized spacial score (nSPS) is 19.1. The highest BCUT2D eigenvalue weighted by Crippen LogP contribution is 2.22. The van der Waals surface area contributed by atoms with E-state index in [9.17, 15) is 4.79 Å². The fourth-order valence-corrected chi connectivity index (χ4v) is 5.43. The van der Waals surface area contributed by atoms with Crippen LogP contribution in [0.5, 0.6) is 5.75 Å². The van der Waals surface area contributed by atoms with Gasteiger partial charge in [-0.2, -0.15) is 0 Å². The summed E-state index contributed by atoms with van der Waals surface area (Å²) in [5.74, 6) is 1.32. The average molecular weight is 586 g/mol. The monoisotopic (exact) mass is 585 g/mol. The van der Waals surface area contributed by atoms with Gasteiger partial charge in [-0.15, -0.1) is 0 Å². The van der Waals surface area contributed by atoms with Crippen LogP contribution in [0.2, 0.25) is 0 Å². The van der Waals surface area contributed by atoms with Gasteiger partial charge in [0.15, 0.2) is 0 Å². The molecular formula is C32H47N3O7. The summed E-state index contributed by atoms with van der Waals surface area (Å²) in [4.78, 5) is 36.4. The molecule has 0 saturated carbocycles. The van der Waals surface area contributed by atoms with Crippen LogP contribution in [-0.2, 0) is 32.2 Å². The van der Waals surface area contributed by atoms with E-state index in [4.69, 9.17) is 29.3 Å². The summed E-state index contributed by atoms with van der Waals surface area (Å²) in [6, 6.07) is 19.1. The van der Waals surface area contributed by atoms with E-state index < -0.39 is 0 Å². The fraction of sp³-hybridized carbons (Fsp3) is 0.531. The maximum absolute atomic E-state index is 12.9. The summed E-state index contributed by atoms with van der Waals surface area (Å²) in [5.41, 5.74) is 2.57. The third-order valence-electron chi connectivity index (χ3n) is 7.35. The molecule has 2 aliphatic heterocycles. The van der Waals surface area contributed by atoms with E-state index in [1.807, 2.05) is 11.0 Å². The van der Waals surface area contributed by atoms with Gasteiger partial charge in [-0.05, 0) is 62.9 Å². The zero-order valence-corrected chi connectivity index (χ0v) is 25.0. The van der Waals surface area contributed by atoms with Crippen molar-refractivity contribution in [1.29, 1.82) is 0 Å². The number of piperidine rings is 1. The number of ether oxygens (including phenoxy) is 2. The molecule has 2 saturated heterocycles. The second-order valence-corrected chi connectivity index (χ2v) is 10.3. The average Bonchev–Trinajstić information content (AvgIpc) is 3.23. The second-order valence-electron chi connectivity index (χ2n) is 10.3. The molecule has 2 heterocycles. The van der Waals surface area contributed by atoms with Crippen LogP contribution in [0.15, 0.2) is 54.6 Å². The first-order valence-electron chi connectivity index (χ1n) is 14.7. The molecule has 2 aromatic carbocycles. The Hall–Kier alpha value is -3.47. The van der Waals surface area contributed by atoms with Crippen molar-refractivity contribution < 1.29 is 34.1 Å². The molecule has 4 rings (SSSR count). The van der Waals surface area contributed by atoms with Crippen LogP contribution >= 0.6 is 0 Å². The van der Waals surface area contributed by atoms with Gasteiger partial charge in [0.05, 0.1) is 5.92 Å². The molecule has 232 valence electrons. The molecule has 2 unspecified atom stereocenters. The highest BCUT2D eigenvalue weighted by atomic mass is 16.5. The van der Waals surface area contributed by atoms with Gasteiger partial charge in [0.1, 0.15) is 18.5 Å². The first-order chi connectivity index (χ1) is 20.5.